The highest BCUT2D eigenvalue weighted by Gasteiger charge is 1.95. The molecule has 0 aromatic heterocycles. The van der Waals surface area contributed by atoms with Crippen LogP contribution in [-0.4, -0.2) is 12.6 Å². The van der Waals surface area contributed by atoms with Crippen molar-refractivity contribution in [2.45, 2.75) is 19.4 Å². The second kappa shape index (κ2) is 4.05. The molecule has 0 radical (unpaired) electrons. The van der Waals surface area contributed by atoms with Gasteiger partial charge >= 0.3 is 0 Å². The Bertz CT molecular complexity index is 28.4. The average Bonchev–Trinajstić information content (AvgIpc) is 1.72. The molecule has 0 aromatic carbocycles. The Morgan fingerprint density at radius 1 is 1.71 bits per heavy atom. The SMILES string of the molecule is CCC(CN)NN. The van der Waals surface area contributed by atoms with Crippen LogP contribution in [0.5, 0.6) is 0 Å². The second-order valence-corrected chi connectivity index (χ2v) is 1.51. The van der Waals surface area contributed by atoms with Crippen molar-refractivity contribution in [2.24, 2.45) is 11.6 Å². The standard InChI is InChI=1S/C4H13N3/c1-2-4(3-5)7-6/h4,7H,2-3,5-6H2,1H3. The molecular weight excluding hydrogens is 90.1 g/mol. The molecule has 5 N–H and O–H groups in total. The molecular formula is C4H13N3. The van der Waals surface area contributed by atoms with Crippen molar-refractivity contribution >= 4 is 0 Å². The molecule has 0 aliphatic heterocycles. The molecule has 0 saturated carbocycles. The van der Waals surface area contributed by atoms with E-state index in [0.29, 0.717) is 12.6 Å². The van der Waals surface area contributed by atoms with Gasteiger partial charge in [-0.25, -0.2) is 0 Å². The summed E-state index contributed by atoms with van der Waals surface area (Å²) in [5.41, 5.74) is 7.83. The Morgan fingerprint density at radius 2 is 2.29 bits per heavy atom. The van der Waals surface area contributed by atoms with Gasteiger partial charge < -0.3 is 5.73 Å². The van der Waals surface area contributed by atoms with Gasteiger partial charge in [0.15, 0.2) is 0 Å². The van der Waals surface area contributed by atoms with Gasteiger partial charge in [-0.15, -0.1) is 0 Å². The number of hydrogen-bond donors (Lipinski definition) is 3. The van der Waals surface area contributed by atoms with E-state index in [1.54, 1.807) is 0 Å². The summed E-state index contributed by atoms with van der Waals surface area (Å²) in [4.78, 5) is 0. The monoisotopic (exact) mass is 103 g/mol. The molecule has 0 aromatic rings. The fourth-order valence-corrected chi connectivity index (χ4v) is 0.353. The molecule has 0 bridgehead atoms. The first-order chi connectivity index (χ1) is 3.35. The average molecular weight is 103 g/mol. The number of rotatable bonds is 3. The molecule has 0 amide bonds. The fourth-order valence-electron chi connectivity index (χ4n) is 0.353. The summed E-state index contributed by atoms with van der Waals surface area (Å²) in [5, 5.41) is 0. The number of hydrazine groups is 1. The van der Waals surface area contributed by atoms with Crippen molar-refractivity contribution in [1.29, 1.82) is 0 Å². The van der Waals surface area contributed by atoms with Gasteiger partial charge in [0.2, 0.25) is 0 Å². The Labute approximate surface area is 44.0 Å². The summed E-state index contributed by atoms with van der Waals surface area (Å²) < 4.78 is 0. The van der Waals surface area contributed by atoms with Crippen LogP contribution < -0.4 is 17.0 Å². The second-order valence-electron chi connectivity index (χ2n) is 1.51. The predicted molar refractivity (Wildman–Crippen MR) is 30.5 cm³/mol. The molecule has 0 heterocycles. The summed E-state index contributed by atoms with van der Waals surface area (Å²) >= 11 is 0. The van der Waals surface area contributed by atoms with E-state index in [1.165, 1.54) is 0 Å². The number of hydrogen-bond acceptors (Lipinski definition) is 3. The maximum absolute atomic E-state index is 5.25. The maximum Gasteiger partial charge on any atom is 0.0330 e. The van der Waals surface area contributed by atoms with E-state index in [1.807, 2.05) is 6.92 Å². The van der Waals surface area contributed by atoms with Crippen LogP contribution in [-0.2, 0) is 0 Å². The zero-order valence-electron chi connectivity index (χ0n) is 4.65. The Kier molecular flexibility index (Phi) is 3.98. The van der Waals surface area contributed by atoms with E-state index in [0.717, 1.165) is 6.42 Å². The lowest BCUT2D eigenvalue weighted by molar-refractivity contribution is 0.523. The maximum atomic E-state index is 5.25. The molecule has 1 unspecified atom stereocenters. The minimum Gasteiger partial charge on any atom is -0.329 e. The van der Waals surface area contributed by atoms with Crippen molar-refractivity contribution in [3.05, 3.63) is 0 Å². The van der Waals surface area contributed by atoms with Crippen molar-refractivity contribution < 1.29 is 0 Å². The lowest BCUT2D eigenvalue weighted by atomic mass is 10.2. The first kappa shape index (κ1) is 6.88. The van der Waals surface area contributed by atoms with Crippen molar-refractivity contribution in [1.82, 2.24) is 5.43 Å². The van der Waals surface area contributed by atoms with Crippen molar-refractivity contribution in [3.8, 4) is 0 Å². The quantitative estimate of drug-likeness (QED) is 0.323. The van der Waals surface area contributed by atoms with E-state index in [4.69, 9.17) is 11.6 Å². The highest BCUT2D eigenvalue weighted by atomic mass is 15.2. The first-order valence-corrected chi connectivity index (χ1v) is 2.51. The van der Waals surface area contributed by atoms with Gasteiger partial charge in [0.25, 0.3) is 0 Å². The third kappa shape index (κ3) is 2.56. The van der Waals surface area contributed by atoms with Gasteiger partial charge in [-0.2, -0.15) is 0 Å². The van der Waals surface area contributed by atoms with Gasteiger partial charge in [-0.3, -0.25) is 11.3 Å². The van der Waals surface area contributed by atoms with E-state index in [2.05, 4.69) is 5.43 Å². The molecule has 0 aliphatic rings. The van der Waals surface area contributed by atoms with E-state index in [-0.39, 0.29) is 0 Å². The molecule has 0 rings (SSSR count). The summed E-state index contributed by atoms with van der Waals surface area (Å²) in [7, 11) is 0. The molecule has 3 heteroatoms. The van der Waals surface area contributed by atoms with Gasteiger partial charge in [-0.1, -0.05) is 6.92 Å². The van der Waals surface area contributed by atoms with Crippen molar-refractivity contribution in [2.75, 3.05) is 6.54 Å². The molecule has 1 atom stereocenters. The van der Waals surface area contributed by atoms with E-state index in [9.17, 15) is 0 Å². The van der Waals surface area contributed by atoms with Gasteiger partial charge in [0.05, 0.1) is 0 Å². The summed E-state index contributed by atoms with van der Waals surface area (Å²) in [5.74, 6) is 5.06. The van der Waals surface area contributed by atoms with Gasteiger partial charge in [0.1, 0.15) is 0 Å². The van der Waals surface area contributed by atoms with Gasteiger partial charge in [-0.05, 0) is 6.42 Å². The highest BCUT2D eigenvalue weighted by molar-refractivity contribution is 4.58. The molecule has 0 fully saturated rings. The van der Waals surface area contributed by atoms with Crippen LogP contribution in [0, 0.1) is 0 Å². The molecule has 44 valence electrons. The Balaban J connectivity index is 2.99. The number of nitrogens with two attached hydrogens (primary N) is 2. The zero-order chi connectivity index (χ0) is 5.70. The van der Waals surface area contributed by atoms with Crippen LogP contribution in [0.1, 0.15) is 13.3 Å². The molecule has 7 heavy (non-hydrogen) atoms. The lowest BCUT2D eigenvalue weighted by Crippen LogP contribution is -2.39. The Hall–Kier alpha value is -0.120. The van der Waals surface area contributed by atoms with Crippen LogP contribution in [0.15, 0.2) is 0 Å². The van der Waals surface area contributed by atoms with Crippen LogP contribution in [0.4, 0.5) is 0 Å². The molecule has 0 saturated heterocycles. The smallest absolute Gasteiger partial charge is 0.0330 e. The van der Waals surface area contributed by atoms with E-state index < -0.39 is 0 Å². The Morgan fingerprint density at radius 3 is 2.29 bits per heavy atom. The fraction of sp³-hybridized carbons (Fsp3) is 1.00. The number of nitrogens with one attached hydrogen (secondary N) is 1. The molecule has 0 aliphatic carbocycles. The minimum atomic E-state index is 0.292. The predicted octanol–water partition coefficient (Wildman–Crippen LogP) is -0.813. The van der Waals surface area contributed by atoms with Crippen molar-refractivity contribution in [3.63, 3.8) is 0 Å². The molecule has 0 spiro atoms. The zero-order valence-corrected chi connectivity index (χ0v) is 4.65. The van der Waals surface area contributed by atoms with Crippen LogP contribution >= 0.6 is 0 Å². The summed E-state index contributed by atoms with van der Waals surface area (Å²) in [6, 6.07) is 0.292. The normalized spacial score (nSPS) is 14.1. The topological polar surface area (TPSA) is 64.1 Å². The van der Waals surface area contributed by atoms with Gasteiger partial charge in [0, 0.05) is 12.6 Å². The summed E-state index contributed by atoms with van der Waals surface area (Å²) in [6.45, 7) is 2.66. The van der Waals surface area contributed by atoms with Crippen LogP contribution in [0.2, 0.25) is 0 Å². The lowest BCUT2D eigenvalue weighted by Gasteiger charge is -2.07. The molecule has 3 nitrogen and oxygen atoms in total. The third-order valence-corrected chi connectivity index (χ3v) is 1.01. The largest absolute Gasteiger partial charge is 0.329 e. The minimum absolute atomic E-state index is 0.292. The summed E-state index contributed by atoms with van der Waals surface area (Å²) in [6.07, 6.45) is 0.993. The van der Waals surface area contributed by atoms with E-state index >= 15 is 0 Å². The first-order valence-electron chi connectivity index (χ1n) is 2.51. The van der Waals surface area contributed by atoms with Crippen LogP contribution in [0.25, 0.3) is 0 Å². The van der Waals surface area contributed by atoms with Crippen LogP contribution in [0.3, 0.4) is 0 Å². The third-order valence-electron chi connectivity index (χ3n) is 1.01. The highest BCUT2D eigenvalue weighted by Crippen LogP contribution is 1.81.